The van der Waals surface area contributed by atoms with E-state index < -0.39 is 6.10 Å². The SMILES string of the molecule is Cc1ccc(C(O)Cc2ccccn2)cc1. The molecule has 0 saturated carbocycles. The first-order valence-electron chi connectivity index (χ1n) is 5.40. The zero-order chi connectivity index (χ0) is 11.4. The third-order valence-electron chi connectivity index (χ3n) is 2.59. The lowest BCUT2D eigenvalue weighted by Gasteiger charge is -2.10. The van der Waals surface area contributed by atoms with Gasteiger partial charge in [-0.05, 0) is 24.6 Å². The molecule has 1 atom stereocenters. The van der Waals surface area contributed by atoms with E-state index in [1.807, 2.05) is 49.4 Å². The topological polar surface area (TPSA) is 33.1 Å². The van der Waals surface area contributed by atoms with E-state index in [0.717, 1.165) is 11.3 Å². The zero-order valence-corrected chi connectivity index (χ0v) is 9.30. The van der Waals surface area contributed by atoms with Gasteiger partial charge in [0.1, 0.15) is 0 Å². The van der Waals surface area contributed by atoms with Gasteiger partial charge in [-0.15, -0.1) is 0 Å². The highest BCUT2D eigenvalue weighted by Gasteiger charge is 2.08. The Morgan fingerprint density at radius 2 is 1.88 bits per heavy atom. The average Bonchev–Trinajstić information content (AvgIpc) is 2.31. The molecule has 0 fully saturated rings. The predicted octanol–water partition coefficient (Wildman–Crippen LogP) is 2.67. The van der Waals surface area contributed by atoms with Gasteiger partial charge in [-0.1, -0.05) is 35.9 Å². The maximum atomic E-state index is 10.0. The van der Waals surface area contributed by atoms with Crippen molar-refractivity contribution in [3.05, 3.63) is 65.5 Å². The number of aliphatic hydroxyl groups is 1. The van der Waals surface area contributed by atoms with Crippen LogP contribution in [-0.2, 0) is 6.42 Å². The van der Waals surface area contributed by atoms with Crippen molar-refractivity contribution in [2.45, 2.75) is 19.4 Å². The molecule has 1 N–H and O–H groups in total. The third kappa shape index (κ3) is 2.67. The molecule has 16 heavy (non-hydrogen) atoms. The summed E-state index contributed by atoms with van der Waals surface area (Å²) in [7, 11) is 0. The van der Waals surface area contributed by atoms with E-state index in [9.17, 15) is 5.11 Å². The highest BCUT2D eigenvalue weighted by atomic mass is 16.3. The summed E-state index contributed by atoms with van der Waals surface area (Å²) in [5, 5.41) is 10.0. The van der Waals surface area contributed by atoms with Gasteiger partial charge in [0.05, 0.1) is 6.10 Å². The van der Waals surface area contributed by atoms with E-state index in [2.05, 4.69) is 4.98 Å². The molecule has 2 rings (SSSR count). The van der Waals surface area contributed by atoms with Crippen LogP contribution in [0.15, 0.2) is 48.7 Å². The standard InChI is InChI=1S/C14H15NO/c1-11-5-7-12(8-6-11)14(16)10-13-4-2-3-9-15-13/h2-9,14,16H,10H2,1H3. The summed E-state index contributed by atoms with van der Waals surface area (Å²) in [6.07, 6.45) is 1.83. The Morgan fingerprint density at radius 3 is 2.50 bits per heavy atom. The summed E-state index contributed by atoms with van der Waals surface area (Å²) in [5.74, 6) is 0. The van der Waals surface area contributed by atoms with Crippen LogP contribution >= 0.6 is 0 Å². The number of pyridine rings is 1. The van der Waals surface area contributed by atoms with Gasteiger partial charge in [0.2, 0.25) is 0 Å². The van der Waals surface area contributed by atoms with Crippen molar-refractivity contribution < 1.29 is 5.11 Å². The Balaban J connectivity index is 2.09. The van der Waals surface area contributed by atoms with Crippen LogP contribution in [-0.4, -0.2) is 10.1 Å². The van der Waals surface area contributed by atoms with E-state index in [1.165, 1.54) is 5.56 Å². The maximum Gasteiger partial charge on any atom is 0.0845 e. The van der Waals surface area contributed by atoms with Crippen molar-refractivity contribution >= 4 is 0 Å². The number of hydrogen-bond donors (Lipinski definition) is 1. The number of aryl methyl sites for hydroxylation is 1. The van der Waals surface area contributed by atoms with Crippen LogP contribution in [0.25, 0.3) is 0 Å². The Bertz CT molecular complexity index is 436. The van der Waals surface area contributed by atoms with E-state index in [-0.39, 0.29) is 0 Å². The number of benzene rings is 1. The summed E-state index contributed by atoms with van der Waals surface area (Å²) in [6, 6.07) is 13.7. The molecule has 82 valence electrons. The van der Waals surface area contributed by atoms with Gasteiger partial charge in [-0.2, -0.15) is 0 Å². The molecule has 0 aliphatic carbocycles. The molecule has 1 aromatic carbocycles. The number of aliphatic hydroxyl groups excluding tert-OH is 1. The molecule has 2 aromatic rings. The number of hydrogen-bond acceptors (Lipinski definition) is 2. The fourth-order valence-electron chi connectivity index (χ4n) is 1.62. The summed E-state index contributed by atoms with van der Waals surface area (Å²) in [4.78, 5) is 4.20. The minimum absolute atomic E-state index is 0.476. The number of aromatic nitrogens is 1. The fourth-order valence-corrected chi connectivity index (χ4v) is 1.62. The highest BCUT2D eigenvalue weighted by molar-refractivity contribution is 5.24. The second kappa shape index (κ2) is 4.90. The van der Waals surface area contributed by atoms with Gasteiger partial charge >= 0.3 is 0 Å². The molecule has 0 aliphatic rings. The van der Waals surface area contributed by atoms with Crippen LogP contribution < -0.4 is 0 Å². The first kappa shape index (κ1) is 10.8. The van der Waals surface area contributed by atoms with Crippen LogP contribution in [0.2, 0.25) is 0 Å². The van der Waals surface area contributed by atoms with Crippen molar-refractivity contribution in [1.82, 2.24) is 4.98 Å². The smallest absolute Gasteiger partial charge is 0.0845 e. The summed E-state index contributed by atoms with van der Waals surface area (Å²) in [6.45, 7) is 2.04. The van der Waals surface area contributed by atoms with Gasteiger partial charge in [0.25, 0.3) is 0 Å². The minimum atomic E-state index is -0.476. The Morgan fingerprint density at radius 1 is 1.12 bits per heavy atom. The number of nitrogens with zero attached hydrogens (tertiary/aromatic N) is 1. The van der Waals surface area contributed by atoms with E-state index in [4.69, 9.17) is 0 Å². The number of rotatable bonds is 3. The molecule has 0 spiro atoms. The molecule has 1 unspecified atom stereocenters. The maximum absolute atomic E-state index is 10.0. The molecule has 1 heterocycles. The normalized spacial score (nSPS) is 12.4. The molecule has 1 aromatic heterocycles. The largest absolute Gasteiger partial charge is 0.388 e. The summed E-state index contributed by atoms with van der Waals surface area (Å²) >= 11 is 0. The molecule has 0 radical (unpaired) electrons. The first-order chi connectivity index (χ1) is 7.75. The van der Waals surface area contributed by atoms with Crippen molar-refractivity contribution in [2.24, 2.45) is 0 Å². The van der Waals surface area contributed by atoms with Gasteiger partial charge in [-0.25, -0.2) is 0 Å². The lowest BCUT2D eigenvalue weighted by Crippen LogP contribution is -2.02. The molecule has 0 saturated heterocycles. The second-order valence-electron chi connectivity index (χ2n) is 3.95. The van der Waals surface area contributed by atoms with E-state index >= 15 is 0 Å². The monoisotopic (exact) mass is 213 g/mol. The molecule has 2 nitrogen and oxygen atoms in total. The van der Waals surface area contributed by atoms with Gasteiger partial charge in [0, 0.05) is 18.3 Å². The van der Waals surface area contributed by atoms with E-state index in [0.29, 0.717) is 6.42 Å². The molecule has 0 bridgehead atoms. The fraction of sp³-hybridized carbons (Fsp3) is 0.214. The summed E-state index contributed by atoms with van der Waals surface area (Å²) in [5.41, 5.74) is 3.06. The van der Waals surface area contributed by atoms with Crippen LogP contribution in [0.5, 0.6) is 0 Å². The van der Waals surface area contributed by atoms with Gasteiger partial charge in [0.15, 0.2) is 0 Å². The third-order valence-corrected chi connectivity index (χ3v) is 2.59. The van der Waals surface area contributed by atoms with Crippen molar-refractivity contribution in [3.63, 3.8) is 0 Å². The average molecular weight is 213 g/mol. The minimum Gasteiger partial charge on any atom is -0.388 e. The predicted molar refractivity (Wildman–Crippen MR) is 64.1 cm³/mol. The first-order valence-corrected chi connectivity index (χ1v) is 5.40. The van der Waals surface area contributed by atoms with Gasteiger partial charge < -0.3 is 5.11 Å². The van der Waals surface area contributed by atoms with Crippen LogP contribution in [0.1, 0.15) is 22.9 Å². The molecular weight excluding hydrogens is 198 g/mol. The zero-order valence-electron chi connectivity index (χ0n) is 9.30. The van der Waals surface area contributed by atoms with Crippen LogP contribution in [0.4, 0.5) is 0 Å². The molecule has 0 aliphatic heterocycles. The van der Waals surface area contributed by atoms with Crippen LogP contribution in [0, 0.1) is 6.92 Å². The van der Waals surface area contributed by atoms with Gasteiger partial charge in [-0.3, -0.25) is 4.98 Å². The highest BCUT2D eigenvalue weighted by Crippen LogP contribution is 2.17. The van der Waals surface area contributed by atoms with E-state index in [1.54, 1.807) is 6.20 Å². The Hall–Kier alpha value is -1.67. The van der Waals surface area contributed by atoms with Crippen molar-refractivity contribution in [3.8, 4) is 0 Å². The Kier molecular flexibility index (Phi) is 3.32. The van der Waals surface area contributed by atoms with Crippen molar-refractivity contribution in [2.75, 3.05) is 0 Å². The lowest BCUT2D eigenvalue weighted by molar-refractivity contribution is 0.177. The molecule has 0 amide bonds. The van der Waals surface area contributed by atoms with Crippen LogP contribution in [0.3, 0.4) is 0 Å². The molecular formula is C14H15NO. The molecule has 2 heteroatoms. The second-order valence-corrected chi connectivity index (χ2v) is 3.95. The Labute approximate surface area is 95.6 Å². The lowest BCUT2D eigenvalue weighted by atomic mass is 10.0. The quantitative estimate of drug-likeness (QED) is 0.850. The summed E-state index contributed by atoms with van der Waals surface area (Å²) < 4.78 is 0. The van der Waals surface area contributed by atoms with Crippen molar-refractivity contribution in [1.29, 1.82) is 0 Å².